The van der Waals surface area contributed by atoms with Crippen LogP contribution in [0.5, 0.6) is 0 Å². The Hall–Kier alpha value is -12.1. The van der Waals surface area contributed by atoms with Crippen LogP contribution in [0.2, 0.25) is 0 Å². The van der Waals surface area contributed by atoms with E-state index in [1.54, 1.807) is 81.4 Å². The normalized spacial score (nSPS) is 14.6. The number of hydrogen-bond donors (Lipinski definition) is 31. The van der Waals surface area contributed by atoms with Crippen LogP contribution in [0.25, 0.3) is 0 Å². The molecule has 0 fully saturated rings. The van der Waals surface area contributed by atoms with E-state index in [0.29, 0.717) is 23.8 Å². The molecule has 47 heteroatoms. The summed E-state index contributed by atoms with van der Waals surface area (Å²) >= 11 is 8.50. The zero-order chi connectivity index (χ0) is 90.8. The molecule has 0 aliphatic carbocycles. The summed E-state index contributed by atoms with van der Waals surface area (Å²) < 4.78 is 0. The molecule has 0 heterocycles. The van der Waals surface area contributed by atoms with Crippen molar-refractivity contribution in [1.82, 2.24) is 95.7 Å². The Morgan fingerprint density at radius 1 is 0.397 bits per heavy atom. The van der Waals surface area contributed by atoms with Crippen LogP contribution in [-0.2, 0) is 89.6 Å². The van der Waals surface area contributed by atoms with Crippen molar-refractivity contribution in [3.63, 3.8) is 0 Å². The first-order chi connectivity index (χ1) is 57.3. The number of aliphatic hydroxyl groups excluding tert-OH is 1. The van der Waals surface area contributed by atoms with Crippen molar-refractivity contribution in [3.8, 4) is 0 Å². The van der Waals surface area contributed by atoms with E-state index in [4.69, 9.17) is 50.3 Å². The highest BCUT2D eigenvalue weighted by atomic mass is 32.1. The lowest BCUT2D eigenvalue weighted by atomic mass is 9.96. The molecule has 45 nitrogen and oxygen atoms in total. The molecule has 0 aliphatic rings. The Bertz CT molecular complexity index is 3820. The molecule has 34 N–H and O–H groups in total. The molecule has 0 unspecified atom stereocenters. The molecule has 672 valence electrons. The number of carboxylic acids is 1. The second kappa shape index (κ2) is 57.1. The third kappa shape index (κ3) is 41.9. The highest BCUT2D eigenvalue weighted by Crippen LogP contribution is 2.15. The van der Waals surface area contributed by atoms with Crippen LogP contribution in [0.15, 0.2) is 60.7 Å². The summed E-state index contributed by atoms with van der Waals surface area (Å²) in [6.07, 6.45) is -0.228. The van der Waals surface area contributed by atoms with E-state index in [1.165, 1.54) is 13.8 Å². The minimum atomic E-state index is -1.99. The lowest BCUT2D eigenvalue weighted by Crippen LogP contribution is -2.62. The molecular weight excluding hydrogens is 1620 g/mol. The third-order valence-corrected chi connectivity index (χ3v) is 19.3. The van der Waals surface area contributed by atoms with E-state index in [2.05, 4.69) is 121 Å². The van der Waals surface area contributed by atoms with E-state index in [0.717, 1.165) is 0 Å². The fourth-order valence-electron chi connectivity index (χ4n) is 11.4. The first-order valence-corrected chi connectivity index (χ1v) is 40.4. The van der Waals surface area contributed by atoms with Gasteiger partial charge >= 0.3 is 5.97 Å². The quantitative estimate of drug-likeness (QED) is 0.00961. The minimum Gasteiger partial charge on any atom is -0.481 e. The maximum absolute atomic E-state index is 14.6. The largest absolute Gasteiger partial charge is 0.481 e. The fraction of sp³-hybridized carbons (Fsp3) is 0.568. The number of carboxylic acid groups (broad SMARTS) is 1. The van der Waals surface area contributed by atoms with Gasteiger partial charge in [0.25, 0.3) is 0 Å². The fourth-order valence-corrected chi connectivity index (χ4v) is 11.9. The Labute approximate surface area is 711 Å². The van der Waals surface area contributed by atoms with Gasteiger partial charge in [-0.15, -0.1) is 0 Å². The lowest BCUT2D eigenvalue weighted by Gasteiger charge is -2.30. The number of hydrogen-bond acceptors (Lipinski definition) is 24. The monoisotopic (exact) mass is 1740 g/mol. The van der Waals surface area contributed by atoms with Gasteiger partial charge in [-0.2, -0.15) is 25.3 Å². The average Bonchev–Trinajstić information content (AvgIpc) is 0.842. The molecule has 15 atom stereocenters. The number of nitrogens with two attached hydrogens (primary N) is 5. The summed E-state index contributed by atoms with van der Waals surface area (Å²) in [5.41, 5.74) is 28.5. The van der Waals surface area contributed by atoms with Crippen LogP contribution < -0.4 is 124 Å². The van der Waals surface area contributed by atoms with Gasteiger partial charge in [-0.25, -0.2) is 0 Å². The molecule has 2 aromatic carbocycles. The summed E-state index contributed by atoms with van der Waals surface area (Å²) in [7, 11) is 0. The van der Waals surface area contributed by atoms with Crippen LogP contribution in [0.1, 0.15) is 116 Å². The second-order valence-corrected chi connectivity index (χ2v) is 29.1. The topological polar surface area (TPSA) is 756 Å². The Kier molecular flexibility index (Phi) is 49.5. The van der Waals surface area contributed by atoms with Crippen molar-refractivity contribution in [2.45, 2.75) is 197 Å². The zero-order valence-corrected chi connectivity index (χ0v) is 70.1. The summed E-state index contributed by atoms with van der Waals surface area (Å²) in [5, 5.41) is 94.6. The number of carbonyl (C=O) groups excluding carboxylic acids is 15. The molecule has 0 aromatic heterocycles. The summed E-state index contributed by atoms with van der Waals surface area (Å²) in [6, 6.07) is -1.98. The molecule has 121 heavy (non-hydrogen) atoms. The van der Waals surface area contributed by atoms with Crippen molar-refractivity contribution in [3.05, 3.63) is 71.8 Å². The predicted molar refractivity (Wildman–Crippen MR) is 452 cm³/mol. The van der Waals surface area contributed by atoms with Crippen molar-refractivity contribution in [2.75, 3.05) is 57.4 Å². The smallest absolute Gasteiger partial charge is 0.305 e. The summed E-state index contributed by atoms with van der Waals surface area (Å²) in [4.78, 5) is 219. The van der Waals surface area contributed by atoms with Crippen molar-refractivity contribution in [1.29, 1.82) is 21.6 Å². The number of amides is 14. The van der Waals surface area contributed by atoms with E-state index in [9.17, 15) is 86.9 Å². The van der Waals surface area contributed by atoms with Crippen LogP contribution in [0, 0.1) is 33.5 Å². The van der Waals surface area contributed by atoms with Crippen LogP contribution >= 0.6 is 25.3 Å². The van der Waals surface area contributed by atoms with Crippen molar-refractivity contribution in [2.24, 2.45) is 40.5 Å². The van der Waals surface area contributed by atoms with Crippen molar-refractivity contribution < 1.29 is 86.9 Å². The number of carbonyl (C=O) groups is 16. The lowest BCUT2D eigenvalue weighted by molar-refractivity contribution is -0.142. The molecule has 0 aliphatic heterocycles. The number of rotatable bonds is 58. The molecule has 0 bridgehead atoms. The average molecular weight is 1740 g/mol. The maximum Gasteiger partial charge on any atom is 0.305 e. The van der Waals surface area contributed by atoms with E-state index < -0.39 is 217 Å². The molecule has 2 aromatic rings. The molecule has 14 amide bonds. The first kappa shape index (κ1) is 105. The third-order valence-electron chi connectivity index (χ3n) is 18.6. The number of aliphatic hydroxyl groups is 1. The maximum atomic E-state index is 14.6. The van der Waals surface area contributed by atoms with Gasteiger partial charge in [0.2, 0.25) is 82.7 Å². The Morgan fingerprint density at radius 2 is 0.736 bits per heavy atom. The van der Waals surface area contributed by atoms with Gasteiger partial charge in [-0.05, 0) is 81.3 Å². The molecule has 0 radical (unpaired) electrons. The van der Waals surface area contributed by atoms with Gasteiger partial charge in [-0.1, -0.05) is 101 Å². The van der Waals surface area contributed by atoms with Crippen molar-refractivity contribution >= 4 is 144 Å². The van der Waals surface area contributed by atoms with E-state index in [1.807, 2.05) is 0 Å². The number of benzene rings is 2. The van der Waals surface area contributed by atoms with Gasteiger partial charge in [0.15, 0.2) is 23.8 Å². The molecule has 0 saturated heterocycles. The predicted octanol–water partition coefficient (Wildman–Crippen LogP) is -8.46. The first-order valence-electron chi connectivity index (χ1n) is 39.1. The van der Waals surface area contributed by atoms with Crippen LogP contribution in [-0.4, -0.2) is 265 Å². The Morgan fingerprint density at radius 3 is 1.15 bits per heavy atom. The van der Waals surface area contributed by atoms with Crippen LogP contribution in [0.3, 0.4) is 0 Å². The van der Waals surface area contributed by atoms with Gasteiger partial charge < -0.3 is 139 Å². The van der Waals surface area contributed by atoms with Crippen LogP contribution in [0.4, 0.5) is 0 Å². The number of thiol groups is 2. The SMILES string of the molecule is CC[C@H](C)[C@H](NC(=O)[C@H](CCCNC(=N)N)NC(=O)CNC(=O)CNC(=O)[C@H](Cc1ccccc1)NC(=O)[C@@H](C)NC(=O)[C@H](CS)NC(=O)[C@H](CCCNC(=N)N)NC(=O)[C@@H](N)CO)C(=O)N[C@@H](CC(=O)O)C(=O)N[C@@H](CCCNC(=N)N)C(=O)N[C@H](C(=O)N[C@@H](CS)C(=O)N[C@@H](Cc1ccccc1)C(=O)N[C@H](C=O)CCCNC(=N)N)[C@@H](C)CC. The second-order valence-electron chi connectivity index (χ2n) is 28.3. The van der Waals surface area contributed by atoms with Gasteiger partial charge in [0.05, 0.1) is 32.2 Å². The van der Waals surface area contributed by atoms with E-state index >= 15 is 0 Å². The Balaban J connectivity index is 2.38. The molecule has 0 saturated carbocycles. The van der Waals surface area contributed by atoms with Gasteiger partial charge in [-0.3, -0.25) is 93.6 Å². The number of nitrogens with one attached hydrogen (secondary N) is 22. The van der Waals surface area contributed by atoms with Gasteiger partial charge in [0, 0.05) is 50.5 Å². The number of aldehydes is 1. The minimum absolute atomic E-state index is 0.00341. The summed E-state index contributed by atoms with van der Waals surface area (Å²) in [6.45, 7) is 5.67. The standard InChI is InChI=1S/C74H121N27O18S2/c1-6-39(3)57(69(118)97-51(32-56(106)107)66(115)94-48(25-17-29-87-74(82)83)64(113)101-58(40(4)7-2)70(119)99-53(38-121)68(117)96-50(31-43-20-12-9-13-21-43)65(114)91-44(35-102)22-14-26-84-71(76)77)100-63(112)46(23-15-27-85-72(78)79)92-55(105)34-88-54(104)33-89-61(110)49(30-42-18-10-8-11-19-42)95-59(108)41(5)90-67(116)52(37-120)98-62(111)47(24-16-28-86-73(80)81)93-60(109)45(75)36-103/h8-13,18-21,35,39-41,44-53,57-58,103,120-121H,6-7,14-17,22-34,36-38,75H2,1-5H3,(H,88,104)(H,89,110)(H,90,116)(H,91,114)(H,92,105)(H,93,109)(H,94,115)(H,95,108)(H,96,117)(H,97,118)(H,98,111)(H,99,119)(H,100,112)(H,101,113)(H,106,107)(H4,76,77,84)(H4,78,79,85)(H4,80,81,86)(H4,82,83,87)/t39-,40-,41+,44-,45-,46-,47-,48-,49-,50-,51-,52-,53-,57-,58-/m0/s1. The zero-order valence-electron chi connectivity index (χ0n) is 68.3. The number of aliphatic carboxylic acids is 1. The number of guanidine groups is 4. The van der Waals surface area contributed by atoms with Gasteiger partial charge in [0.1, 0.15) is 78.8 Å². The summed E-state index contributed by atoms with van der Waals surface area (Å²) in [5.74, 6) is -18.6. The highest BCUT2D eigenvalue weighted by molar-refractivity contribution is 7.80. The highest BCUT2D eigenvalue weighted by Gasteiger charge is 2.39. The molecule has 0 spiro atoms. The molecule has 2 rings (SSSR count). The van der Waals surface area contributed by atoms with E-state index in [-0.39, 0.29) is 120 Å². The molecular formula is C74H121N27O18S2.